The van der Waals surface area contributed by atoms with Gasteiger partial charge in [0.25, 0.3) is 0 Å². The molecular formula is C18H20N2OS2. The fraction of sp³-hybridized carbons (Fsp3) is 0.278. The van der Waals surface area contributed by atoms with Gasteiger partial charge in [0.15, 0.2) is 0 Å². The van der Waals surface area contributed by atoms with Crippen LogP contribution in [0.4, 0.5) is 0 Å². The van der Waals surface area contributed by atoms with E-state index in [1.165, 1.54) is 26.4 Å². The predicted octanol–water partition coefficient (Wildman–Crippen LogP) is 4.29. The summed E-state index contributed by atoms with van der Waals surface area (Å²) in [7, 11) is 0. The lowest BCUT2D eigenvalue weighted by atomic mass is 10.2. The van der Waals surface area contributed by atoms with Gasteiger partial charge in [-0.2, -0.15) is 0 Å². The monoisotopic (exact) mass is 344 g/mol. The van der Waals surface area contributed by atoms with E-state index in [1.807, 2.05) is 17.8 Å². The van der Waals surface area contributed by atoms with Crippen LogP contribution in [0.3, 0.4) is 0 Å². The lowest BCUT2D eigenvalue weighted by molar-refractivity contribution is -0.118. The molecule has 0 aliphatic rings. The number of nitrogens with one attached hydrogen (secondary N) is 1. The van der Waals surface area contributed by atoms with Gasteiger partial charge in [-0.15, -0.1) is 23.1 Å². The normalized spacial score (nSPS) is 11.0. The molecule has 0 spiro atoms. The SMILES string of the molecule is CC(=O)NCCSc1c2ccsc2c(C)n1Cc1ccccc1. The van der Waals surface area contributed by atoms with Gasteiger partial charge in [-0.05, 0) is 23.9 Å². The molecule has 1 aromatic carbocycles. The van der Waals surface area contributed by atoms with Crippen molar-refractivity contribution in [2.24, 2.45) is 0 Å². The van der Waals surface area contributed by atoms with E-state index in [9.17, 15) is 4.79 Å². The summed E-state index contributed by atoms with van der Waals surface area (Å²) in [5.41, 5.74) is 2.63. The van der Waals surface area contributed by atoms with Gasteiger partial charge in [0.05, 0.1) is 9.73 Å². The zero-order valence-electron chi connectivity index (χ0n) is 13.3. The maximum atomic E-state index is 11.0. The van der Waals surface area contributed by atoms with Crippen LogP contribution < -0.4 is 5.32 Å². The number of hydrogen-bond donors (Lipinski definition) is 1. The molecule has 0 unspecified atom stereocenters. The summed E-state index contributed by atoms with van der Waals surface area (Å²) in [6.45, 7) is 5.33. The molecule has 1 N–H and O–H groups in total. The van der Waals surface area contributed by atoms with Crippen LogP contribution >= 0.6 is 23.1 Å². The Morgan fingerprint density at radius 2 is 2.04 bits per heavy atom. The number of benzene rings is 1. The molecular weight excluding hydrogens is 324 g/mol. The molecule has 5 heteroatoms. The summed E-state index contributed by atoms with van der Waals surface area (Å²) in [5.74, 6) is 0.907. The zero-order valence-corrected chi connectivity index (χ0v) is 15.0. The zero-order chi connectivity index (χ0) is 16.2. The van der Waals surface area contributed by atoms with Gasteiger partial charge in [0.1, 0.15) is 0 Å². The van der Waals surface area contributed by atoms with Gasteiger partial charge < -0.3 is 9.88 Å². The molecule has 2 aromatic heterocycles. The second-order valence-corrected chi connectivity index (χ2v) is 7.46. The molecule has 0 radical (unpaired) electrons. The largest absolute Gasteiger partial charge is 0.356 e. The van der Waals surface area contributed by atoms with Crippen LogP contribution in [0.2, 0.25) is 0 Å². The minimum absolute atomic E-state index is 0.0297. The van der Waals surface area contributed by atoms with Crippen LogP contribution in [0, 0.1) is 6.92 Å². The third-order valence-corrected chi connectivity index (χ3v) is 5.92. The Hall–Kier alpha value is -1.72. The smallest absolute Gasteiger partial charge is 0.216 e. The Morgan fingerprint density at radius 1 is 1.26 bits per heavy atom. The summed E-state index contributed by atoms with van der Waals surface area (Å²) < 4.78 is 3.76. The molecule has 2 heterocycles. The number of carbonyl (C=O) groups excluding carboxylic acids is 1. The van der Waals surface area contributed by atoms with Gasteiger partial charge in [0.2, 0.25) is 5.91 Å². The van der Waals surface area contributed by atoms with Crippen LogP contribution in [0.15, 0.2) is 46.8 Å². The maximum absolute atomic E-state index is 11.0. The Labute approximate surface area is 144 Å². The van der Waals surface area contributed by atoms with Crippen molar-refractivity contribution in [2.75, 3.05) is 12.3 Å². The molecule has 0 fully saturated rings. The van der Waals surface area contributed by atoms with Crippen molar-refractivity contribution in [1.82, 2.24) is 9.88 Å². The molecule has 0 atom stereocenters. The van der Waals surface area contributed by atoms with E-state index in [4.69, 9.17) is 0 Å². The first-order chi connectivity index (χ1) is 11.2. The standard InChI is InChI=1S/C18H20N2OS2/c1-13-17-16(8-10-22-17)18(23-11-9-19-14(2)21)20(13)12-15-6-4-3-5-7-15/h3-8,10H,9,11-12H2,1-2H3,(H,19,21). The minimum atomic E-state index is 0.0297. The summed E-state index contributed by atoms with van der Waals surface area (Å²) in [6, 6.07) is 12.8. The van der Waals surface area contributed by atoms with E-state index in [2.05, 4.69) is 52.5 Å². The first-order valence-electron chi connectivity index (χ1n) is 7.64. The highest BCUT2D eigenvalue weighted by molar-refractivity contribution is 7.99. The molecule has 0 aliphatic heterocycles. The third-order valence-electron chi connectivity index (χ3n) is 3.77. The van der Waals surface area contributed by atoms with Crippen LogP contribution in [-0.2, 0) is 11.3 Å². The molecule has 3 aromatic rings. The lowest BCUT2D eigenvalue weighted by Gasteiger charge is -2.12. The maximum Gasteiger partial charge on any atom is 0.216 e. The number of aryl methyl sites for hydroxylation is 1. The van der Waals surface area contributed by atoms with Gasteiger partial charge in [-0.1, -0.05) is 30.3 Å². The number of aromatic nitrogens is 1. The van der Waals surface area contributed by atoms with Crippen molar-refractivity contribution in [3.63, 3.8) is 0 Å². The fourth-order valence-corrected chi connectivity index (χ4v) is 4.72. The highest BCUT2D eigenvalue weighted by atomic mass is 32.2. The number of thiophene rings is 1. The van der Waals surface area contributed by atoms with Crippen LogP contribution in [0.5, 0.6) is 0 Å². The first kappa shape index (κ1) is 16.1. The number of fused-ring (bicyclic) bond motifs is 1. The van der Waals surface area contributed by atoms with E-state index < -0.39 is 0 Å². The van der Waals surface area contributed by atoms with Gasteiger partial charge in [0, 0.05) is 36.8 Å². The molecule has 3 rings (SSSR count). The molecule has 0 bridgehead atoms. The number of carbonyl (C=O) groups is 1. The molecule has 120 valence electrons. The second kappa shape index (κ2) is 7.23. The lowest BCUT2D eigenvalue weighted by Crippen LogP contribution is -2.22. The van der Waals surface area contributed by atoms with E-state index in [0.717, 1.165) is 12.3 Å². The summed E-state index contributed by atoms with van der Waals surface area (Å²) in [5, 5.41) is 7.65. The fourth-order valence-electron chi connectivity index (χ4n) is 2.66. The summed E-state index contributed by atoms with van der Waals surface area (Å²) >= 11 is 3.62. The average Bonchev–Trinajstić information content (AvgIpc) is 3.10. The average molecular weight is 345 g/mol. The van der Waals surface area contributed by atoms with Crippen molar-refractivity contribution in [2.45, 2.75) is 25.4 Å². The van der Waals surface area contributed by atoms with Crippen molar-refractivity contribution >= 4 is 39.1 Å². The van der Waals surface area contributed by atoms with E-state index in [0.29, 0.717) is 6.54 Å². The summed E-state index contributed by atoms with van der Waals surface area (Å²) in [6.07, 6.45) is 0. The van der Waals surface area contributed by atoms with E-state index >= 15 is 0 Å². The highest BCUT2D eigenvalue weighted by Gasteiger charge is 2.15. The quantitative estimate of drug-likeness (QED) is 0.535. The third kappa shape index (κ3) is 3.62. The van der Waals surface area contributed by atoms with E-state index in [1.54, 1.807) is 18.3 Å². The number of hydrogen-bond acceptors (Lipinski definition) is 3. The molecule has 1 amide bonds. The highest BCUT2D eigenvalue weighted by Crippen LogP contribution is 2.36. The number of nitrogens with zero attached hydrogens (tertiary/aromatic N) is 1. The summed E-state index contributed by atoms with van der Waals surface area (Å²) in [4.78, 5) is 11.0. The molecule has 0 aliphatic carbocycles. The molecule has 3 nitrogen and oxygen atoms in total. The van der Waals surface area contributed by atoms with Crippen LogP contribution in [-0.4, -0.2) is 22.8 Å². The van der Waals surface area contributed by atoms with Crippen molar-refractivity contribution in [3.05, 3.63) is 53.0 Å². The minimum Gasteiger partial charge on any atom is -0.356 e. The van der Waals surface area contributed by atoms with Crippen LogP contribution in [0.25, 0.3) is 10.1 Å². The van der Waals surface area contributed by atoms with E-state index in [-0.39, 0.29) is 5.91 Å². The number of rotatable bonds is 6. The van der Waals surface area contributed by atoms with Crippen molar-refractivity contribution < 1.29 is 4.79 Å². The number of amides is 1. The Morgan fingerprint density at radius 3 is 2.78 bits per heavy atom. The second-order valence-electron chi connectivity index (χ2n) is 5.46. The molecule has 0 saturated heterocycles. The Bertz CT molecular complexity index is 805. The van der Waals surface area contributed by atoms with Crippen LogP contribution in [0.1, 0.15) is 18.2 Å². The number of thioether (sulfide) groups is 1. The van der Waals surface area contributed by atoms with Gasteiger partial charge in [-0.3, -0.25) is 4.79 Å². The Kier molecular flexibility index (Phi) is 5.08. The van der Waals surface area contributed by atoms with Crippen molar-refractivity contribution in [1.29, 1.82) is 0 Å². The topological polar surface area (TPSA) is 34.0 Å². The van der Waals surface area contributed by atoms with Crippen molar-refractivity contribution in [3.8, 4) is 0 Å². The predicted molar refractivity (Wildman–Crippen MR) is 99.5 cm³/mol. The molecule has 0 saturated carbocycles. The Balaban J connectivity index is 1.86. The van der Waals surface area contributed by atoms with Gasteiger partial charge in [-0.25, -0.2) is 0 Å². The first-order valence-corrected chi connectivity index (χ1v) is 9.51. The molecule has 23 heavy (non-hydrogen) atoms. The van der Waals surface area contributed by atoms with Gasteiger partial charge >= 0.3 is 0 Å².